The summed E-state index contributed by atoms with van der Waals surface area (Å²) in [5.41, 5.74) is 0.791. The predicted octanol–water partition coefficient (Wildman–Crippen LogP) is 4.65. The molecule has 2 rings (SSSR count). The number of hydrogen-bond acceptors (Lipinski definition) is 3. The second-order valence-corrected chi connectivity index (χ2v) is 4.96. The van der Waals surface area contributed by atoms with E-state index in [4.69, 9.17) is 23.2 Å². The van der Waals surface area contributed by atoms with Crippen molar-refractivity contribution in [1.82, 2.24) is 0 Å². The van der Waals surface area contributed by atoms with E-state index in [-0.39, 0.29) is 5.69 Å². The average molecular weight is 315 g/mol. The van der Waals surface area contributed by atoms with Gasteiger partial charge in [-0.3, -0.25) is 10.1 Å². The maximum atomic E-state index is 13.3. The highest BCUT2D eigenvalue weighted by atomic mass is 35.5. The van der Waals surface area contributed by atoms with Crippen molar-refractivity contribution in [3.63, 3.8) is 0 Å². The zero-order valence-electron chi connectivity index (χ0n) is 10.1. The van der Waals surface area contributed by atoms with Gasteiger partial charge >= 0.3 is 0 Å². The van der Waals surface area contributed by atoms with E-state index in [1.54, 1.807) is 18.2 Å². The van der Waals surface area contributed by atoms with E-state index < -0.39 is 10.7 Å². The lowest BCUT2D eigenvalue weighted by Gasteiger charge is -2.07. The van der Waals surface area contributed by atoms with E-state index in [9.17, 15) is 14.5 Å². The summed E-state index contributed by atoms with van der Waals surface area (Å²) in [7, 11) is 0. The van der Waals surface area contributed by atoms with Crippen LogP contribution in [0, 0.1) is 15.9 Å². The molecule has 0 saturated heterocycles. The summed E-state index contributed by atoms with van der Waals surface area (Å²) >= 11 is 11.7. The minimum atomic E-state index is -0.675. The minimum absolute atomic E-state index is 0.309. The van der Waals surface area contributed by atoms with Crippen molar-refractivity contribution >= 4 is 34.6 Å². The average Bonchev–Trinajstić information content (AvgIpc) is 2.34. The summed E-state index contributed by atoms with van der Waals surface area (Å²) < 4.78 is 13.3. The molecule has 0 saturated carbocycles. The zero-order chi connectivity index (χ0) is 14.7. The maximum Gasteiger partial charge on any atom is 0.274 e. The molecule has 104 valence electrons. The molecule has 0 aliphatic rings. The maximum absolute atomic E-state index is 13.3. The van der Waals surface area contributed by atoms with Crippen LogP contribution < -0.4 is 5.32 Å². The van der Waals surface area contributed by atoms with E-state index in [0.29, 0.717) is 22.3 Å². The molecule has 7 heteroatoms. The van der Waals surface area contributed by atoms with Crippen molar-refractivity contribution in [2.75, 3.05) is 5.32 Å². The smallest absolute Gasteiger partial charge is 0.274 e. The summed E-state index contributed by atoms with van der Waals surface area (Å²) in [5, 5.41) is 14.5. The number of benzene rings is 2. The second kappa shape index (κ2) is 6.07. The summed E-state index contributed by atoms with van der Waals surface area (Å²) in [6, 6.07) is 8.30. The third kappa shape index (κ3) is 3.82. The van der Waals surface area contributed by atoms with Gasteiger partial charge in [0.15, 0.2) is 0 Å². The van der Waals surface area contributed by atoms with Crippen molar-refractivity contribution in [1.29, 1.82) is 0 Å². The van der Waals surface area contributed by atoms with Crippen molar-refractivity contribution in [3.05, 3.63) is 67.9 Å². The standard InChI is InChI=1S/C13H9Cl2FN2O2/c14-9-1-8(2-10(15)3-9)7-17-12-4-11(16)5-13(6-12)18(19)20/h1-6,17H,7H2. The van der Waals surface area contributed by atoms with Gasteiger partial charge in [0.05, 0.1) is 11.0 Å². The Kier molecular flexibility index (Phi) is 4.42. The Labute approximate surface area is 124 Å². The van der Waals surface area contributed by atoms with Gasteiger partial charge in [0.2, 0.25) is 0 Å². The molecule has 0 aromatic heterocycles. The van der Waals surface area contributed by atoms with Gasteiger partial charge in [0.1, 0.15) is 5.82 Å². The van der Waals surface area contributed by atoms with Crippen LogP contribution in [0.4, 0.5) is 15.8 Å². The van der Waals surface area contributed by atoms with E-state index in [1.807, 2.05) is 0 Å². The Bertz CT molecular complexity index is 645. The number of hydrogen-bond donors (Lipinski definition) is 1. The van der Waals surface area contributed by atoms with E-state index in [0.717, 1.165) is 11.6 Å². The van der Waals surface area contributed by atoms with Crippen molar-refractivity contribution in [2.24, 2.45) is 0 Å². The van der Waals surface area contributed by atoms with Gasteiger partial charge in [-0.2, -0.15) is 0 Å². The van der Waals surface area contributed by atoms with E-state index in [2.05, 4.69) is 5.32 Å². The lowest BCUT2D eigenvalue weighted by Crippen LogP contribution is -2.01. The lowest BCUT2D eigenvalue weighted by atomic mass is 10.2. The van der Waals surface area contributed by atoms with Crippen LogP contribution in [0.1, 0.15) is 5.56 Å². The number of anilines is 1. The highest BCUT2D eigenvalue weighted by Gasteiger charge is 2.09. The Morgan fingerprint density at radius 1 is 1.10 bits per heavy atom. The Morgan fingerprint density at radius 2 is 1.75 bits per heavy atom. The minimum Gasteiger partial charge on any atom is -0.381 e. The number of nitro groups is 1. The summed E-state index contributed by atoms with van der Waals surface area (Å²) in [6.45, 7) is 0.320. The lowest BCUT2D eigenvalue weighted by molar-refractivity contribution is -0.385. The zero-order valence-corrected chi connectivity index (χ0v) is 11.6. The molecule has 2 aromatic carbocycles. The first-order chi connectivity index (χ1) is 9.44. The molecule has 0 aliphatic heterocycles. The number of nitrogens with zero attached hydrogens (tertiary/aromatic N) is 1. The Balaban J connectivity index is 2.16. The molecule has 0 radical (unpaired) electrons. The number of nitrogens with one attached hydrogen (secondary N) is 1. The fourth-order valence-corrected chi connectivity index (χ4v) is 2.27. The largest absolute Gasteiger partial charge is 0.381 e. The molecule has 0 bridgehead atoms. The monoisotopic (exact) mass is 314 g/mol. The van der Waals surface area contributed by atoms with Crippen molar-refractivity contribution in [2.45, 2.75) is 6.54 Å². The molecular weight excluding hydrogens is 306 g/mol. The van der Waals surface area contributed by atoms with Crippen LogP contribution in [0.5, 0.6) is 0 Å². The first-order valence-electron chi connectivity index (χ1n) is 5.58. The third-order valence-electron chi connectivity index (χ3n) is 2.51. The fourth-order valence-electron chi connectivity index (χ4n) is 1.70. The van der Waals surface area contributed by atoms with Gasteiger partial charge in [-0.05, 0) is 29.8 Å². The third-order valence-corrected chi connectivity index (χ3v) is 2.95. The number of rotatable bonds is 4. The number of non-ortho nitro benzene ring substituents is 1. The Hall–Kier alpha value is -1.85. The van der Waals surface area contributed by atoms with Crippen LogP contribution in [0.3, 0.4) is 0 Å². The summed E-state index contributed by atoms with van der Waals surface area (Å²) in [4.78, 5) is 10.00. The topological polar surface area (TPSA) is 55.2 Å². The first kappa shape index (κ1) is 14.6. The van der Waals surface area contributed by atoms with Crippen LogP contribution in [0.25, 0.3) is 0 Å². The molecule has 0 aliphatic carbocycles. The number of halogens is 3. The molecule has 0 heterocycles. The van der Waals surface area contributed by atoms with Gasteiger partial charge in [0, 0.05) is 28.3 Å². The summed E-state index contributed by atoms with van der Waals surface area (Å²) in [6.07, 6.45) is 0. The molecule has 4 nitrogen and oxygen atoms in total. The first-order valence-corrected chi connectivity index (χ1v) is 6.33. The highest BCUT2D eigenvalue weighted by Crippen LogP contribution is 2.22. The van der Waals surface area contributed by atoms with Gasteiger partial charge in [-0.25, -0.2) is 4.39 Å². The molecule has 1 N–H and O–H groups in total. The molecule has 2 aromatic rings. The van der Waals surface area contributed by atoms with E-state index >= 15 is 0 Å². The van der Waals surface area contributed by atoms with Crippen LogP contribution in [-0.4, -0.2) is 4.92 Å². The Morgan fingerprint density at radius 3 is 2.35 bits per heavy atom. The quantitative estimate of drug-likeness (QED) is 0.660. The van der Waals surface area contributed by atoms with Crippen LogP contribution in [-0.2, 0) is 6.54 Å². The number of nitro benzene ring substituents is 1. The van der Waals surface area contributed by atoms with Crippen LogP contribution >= 0.6 is 23.2 Å². The highest BCUT2D eigenvalue weighted by molar-refractivity contribution is 6.34. The fraction of sp³-hybridized carbons (Fsp3) is 0.0769. The molecule has 0 fully saturated rings. The molecule has 20 heavy (non-hydrogen) atoms. The van der Waals surface area contributed by atoms with Crippen LogP contribution in [0.15, 0.2) is 36.4 Å². The van der Waals surface area contributed by atoms with Gasteiger partial charge in [-0.15, -0.1) is 0 Å². The SMILES string of the molecule is O=[N+]([O-])c1cc(F)cc(NCc2cc(Cl)cc(Cl)c2)c1. The molecule has 0 unspecified atom stereocenters. The second-order valence-electron chi connectivity index (χ2n) is 4.09. The van der Waals surface area contributed by atoms with Gasteiger partial charge < -0.3 is 5.32 Å². The summed E-state index contributed by atoms with van der Waals surface area (Å²) in [5.74, 6) is -0.675. The van der Waals surface area contributed by atoms with Crippen molar-refractivity contribution < 1.29 is 9.31 Å². The molecule has 0 amide bonds. The predicted molar refractivity (Wildman–Crippen MR) is 76.8 cm³/mol. The van der Waals surface area contributed by atoms with Gasteiger partial charge in [0.25, 0.3) is 5.69 Å². The molecule has 0 spiro atoms. The molecule has 0 atom stereocenters. The van der Waals surface area contributed by atoms with Crippen LogP contribution in [0.2, 0.25) is 10.0 Å². The molecular formula is C13H9Cl2FN2O2. The van der Waals surface area contributed by atoms with Crippen molar-refractivity contribution in [3.8, 4) is 0 Å². The van der Waals surface area contributed by atoms with Gasteiger partial charge in [-0.1, -0.05) is 23.2 Å². The van der Waals surface area contributed by atoms with E-state index in [1.165, 1.54) is 12.1 Å². The normalized spacial score (nSPS) is 10.3.